The standard InChI is InChI=1S/C23H21ClF2N4O3/c1-13(31)29-12-18(16-6-2-3-8-19(16)29)28-22(32)20-9-15(25)11-30(20)23(33)27-10-14-5-4-7-17(24)21(14)26/h2-8,12,15,20H,9-11H2,1H3,(H,27,33)(H,28,32). The Morgan fingerprint density at radius 3 is 2.67 bits per heavy atom. The molecule has 2 N–H and O–H groups in total. The quantitative estimate of drug-likeness (QED) is 0.589. The lowest BCUT2D eigenvalue weighted by Gasteiger charge is -2.24. The second kappa shape index (κ2) is 9.19. The van der Waals surface area contributed by atoms with Crippen molar-refractivity contribution in [1.82, 2.24) is 14.8 Å². The van der Waals surface area contributed by atoms with Crippen LogP contribution in [0.3, 0.4) is 0 Å². The lowest BCUT2D eigenvalue weighted by molar-refractivity contribution is -0.119. The van der Waals surface area contributed by atoms with Gasteiger partial charge >= 0.3 is 6.03 Å². The minimum Gasteiger partial charge on any atom is -0.334 e. The van der Waals surface area contributed by atoms with Gasteiger partial charge < -0.3 is 15.5 Å². The number of nitrogens with zero attached hydrogens (tertiary/aromatic N) is 2. The molecule has 2 heterocycles. The average molecular weight is 475 g/mol. The number of hydrogen-bond donors (Lipinski definition) is 2. The van der Waals surface area contributed by atoms with Gasteiger partial charge in [0.2, 0.25) is 11.8 Å². The molecular formula is C23H21ClF2N4O3. The highest BCUT2D eigenvalue weighted by Crippen LogP contribution is 2.28. The highest BCUT2D eigenvalue weighted by molar-refractivity contribution is 6.30. The van der Waals surface area contributed by atoms with Crippen molar-refractivity contribution in [3.8, 4) is 0 Å². The van der Waals surface area contributed by atoms with Gasteiger partial charge in [0, 0.05) is 37.0 Å². The molecule has 0 radical (unpaired) electrons. The summed E-state index contributed by atoms with van der Waals surface area (Å²) in [5.74, 6) is -1.46. The van der Waals surface area contributed by atoms with Gasteiger partial charge in [-0.1, -0.05) is 41.9 Å². The maximum absolute atomic E-state index is 14.2. The zero-order valence-electron chi connectivity index (χ0n) is 17.6. The molecule has 1 saturated heterocycles. The number of benzene rings is 2. The van der Waals surface area contributed by atoms with E-state index in [0.29, 0.717) is 16.6 Å². The zero-order valence-corrected chi connectivity index (χ0v) is 18.4. The second-order valence-corrected chi connectivity index (χ2v) is 8.22. The molecular weight excluding hydrogens is 454 g/mol. The summed E-state index contributed by atoms with van der Waals surface area (Å²) in [7, 11) is 0. The Bertz CT molecular complexity index is 1250. The number of likely N-dealkylation sites (tertiary alicyclic amines) is 1. The Hall–Kier alpha value is -3.46. The summed E-state index contributed by atoms with van der Waals surface area (Å²) in [4.78, 5) is 38.7. The first kappa shape index (κ1) is 22.7. The van der Waals surface area contributed by atoms with Crippen molar-refractivity contribution < 1.29 is 23.2 Å². The first-order valence-corrected chi connectivity index (χ1v) is 10.7. The molecule has 1 fully saturated rings. The van der Waals surface area contributed by atoms with Crippen LogP contribution in [0, 0.1) is 5.82 Å². The van der Waals surface area contributed by atoms with Gasteiger partial charge in [0.15, 0.2) is 0 Å². The van der Waals surface area contributed by atoms with Crippen LogP contribution in [0.2, 0.25) is 5.02 Å². The van der Waals surface area contributed by atoms with E-state index >= 15 is 0 Å². The summed E-state index contributed by atoms with van der Waals surface area (Å²) >= 11 is 5.76. The molecule has 0 saturated carbocycles. The molecule has 1 aromatic heterocycles. The molecule has 3 aromatic rings. The molecule has 7 nitrogen and oxygen atoms in total. The Morgan fingerprint density at radius 2 is 1.91 bits per heavy atom. The average Bonchev–Trinajstić information content (AvgIpc) is 3.36. The third kappa shape index (κ3) is 4.54. The van der Waals surface area contributed by atoms with Gasteiger partial charge in [0.1, 0.15) is 18.0 Å². The van der Waals surface area contributed by atoms with Gasteiger partial charge in [-0.3, -0.25) is 14.2 Å². The largest absolute Gasteiger partial charge is 0.334 e. The Labute approximate surface area is 193 Å². The fourth-order valence-corrected chi connectivity index (χ4v) is 4.17. The topological polar surface area (TPSA) is 83.4 Å². The minimum atomic E-state index is -1.38. The summed E-state index contributed by atoms with van der Waals surface area (Å²) in [5, 5.41) is 5.81. The van der Waals surface area contributed by atoms with Gasteiger partial charge in [0.25, 0.3) is 0 Å². The SMILES string of the molecule is CC(=O)n1cc(NC(=O)C2CC(F)CN2C(=O)NCc2cccc(Cl)c2F)c2ccccc21. The molecule has 0 bridgehead atoms. The number of anilines is 1. The third-order valence-corrected chi connectivity index (χ3v) is 5.88. The van der Waals surface area contributed by atoms with Crippen LogP contribution in [0.15, 0.2) is 48.7 Å². The highest BCUT2D eigenvalue weighted by atomic mass is 35.5. The summed E-state index contributed by atoms with van der Waals surface area (Å²) in [6.07, 6.45) is -0.0529. The Kier molecular flexibility index (Phi) is 6.33. The molecule has 33 heavy (non-hydrogen) atoms. The number of carbonyl (C=O) groups excluding carboxylic acids is 3. The van der Waals surface area contributed by atoms with Crippen LogP contribution in [-0.4, -0.2) is 46.1 Å². The number of para-hydroxylation sites is 1. The smallest absolute Gasteiger partial charge is 0.318 e. The van der Waals surface area contributed by atoms with Crippen molar-refractivity contribution in [2.75, 3.05) is 11.9 Å². The van der Waals surface area contributed by atoms with E-state index in [4.69, 9.17) is 11.6 Å². The molecule has 10 heteroatoms. The van der Waals surface area contributed by atoms with Crippen LogP contribution >= 0.6 is 11.6 Å². The zero-order chi connectivity index (χ0) is 23.7. The van der Waals surface area contributed by atoms with E-state index in [2.05, 4.69) is 10.6 Å². The van der Waals surface area contributed by atoms with E-state index in [1.54, 1.807) is 30.3 Å². The van der Waals surface area contributed by atoms with Gasteiger partial charge in [0.05, 0.1) is 22.8 Å². The van der Waals surface area contributed by atoms with Gasteiger partial charge in [-0.15, -0.1) is 0 Å². The number of hydrogen-bond acceptors (Lipinski definition) is 3. The summed E-state index contributed by atoms with van der Waals surface area (Å²) in [5.41, 5.74) is 1.17. The number of urea groups is 1. The number of fused-ring (bicyclic) bond motifs is 1. The number of carbonyl (C=O) groups is 3. The van der Waals surface area contributed by atoms with E-state index in [1.807, 2.05) is 0 Å². The highest BCUT2D eigenvalue weighted by Gasteiger charge is 2.40. The third-order valence-electron chi connectivity index (χ3n) is 5.58. The monoisotopic (exact) mass is 474 g/mol. The lowest BCUT2D eigenvalue weighted by Crippen LogP contribution is -2.47. The summed E-state index contributed by atoms with van der Waals surface area (Å²) in [6, 6.07) is 9.68. The molecule has 2 unspecified atom stereocenters. The summed E-state index contributed by atoms with van der Waals surface area (Å²) in [6.45, 7) is 0.966. The number of alkyl halides is 1. The molecule has 0 aliphatic carbocycles. The predicted octanol–water partition coefficient (Wildman–Crippen LogP) is 4.35. The van der Waals surface area contributed by atoms with E-state index < -0.39 is 30.0 Å². The molecule has 4 rings (SSSR count). The molecule has 172 valence electrons. The first-order chi connectivity index (χ1) is 15.8. The van der Waals surface area contributed by atoms with Crippen LogP contribution < -0.4 is 10.6 Å². The molecule has 2 aromatic carbocycles. The maximum atomic E-state index is 14.2. The molecule has 1 aliphatic rings. The molecule has 0 spiro atoms. The van der Waals surface area contributed by atoms with E-state index in [1.165, 1.54) is 29.8 Å². The van der Waals surface area contributed by atoms with Crippen LogP contribution in [0.4, 0.5) is 19.3 Å². The lowest BCUT2D eigenvalue weighted by atomic mass is 10.2. The normalized spacial score (nSPS) is 17.9. The van der Waals surface area contributed by atoms with Gasteiger partial charge in [-0.25, -0.2) is 13.6 Å². The van der Waals surface area contributed by atoms with E-state index in [0.717, 1.165) is 4.90 Å². The summed E-state index contributed by atoms with van der Waals surface area (Å²) < 4.78 is 29.7. The fourth-order valence-electron chi connectivity index (χ4n) is 3.97. The van der Waals surface area contributed by atoms with Crippen LogP contribution in [0.25, 0.3) is 10.9 Å². The van der Waals surface area contributed by atoms with Crippen LogP contribution in [0.1, 0.15) is 23.7 Å². The number of halogens is 3. The van der Waals surface area contributed by atoms with Crippen LogP contribution in [0.5, 0.6) is 0 Å². The molecule has 1 aliphatic heterocycles. The Morgan fingerprint density at radius 1 is 1.15 bits per heavy atom. The number of rotatable bonds is 4. The van der Waals surface area contributed by atoms with Gasteiger partial charge in [-0.2, -0.15) is 0 Å². The first-order valence-electron chi connectivity index (χ1n) is 10.3. The van der Waals surface area contributed by atoms with Crippen molar-refractivity contribution in [3.63, 3.8) is 0 Å². The number of amides is 3. The van der Waals surface area contributed by atoms with Gasteiger partial charge in [-0.05, 0) is 12.1 Å². The minimum absolute atomic E-state index is 0.0753. The Balaban J connectivity index is 1.50. The van der Waals surface area contributed by atoms with Crippen LogP contribution in [-0.2, 0) is 11.3 Å². The fraction of sp³-hybridized carbons (Fsp3) is 0.261. The van der Waals surface area contributed by atoms with Crippen molar-refractivity contribution in [2.45, 2.75) is 32.1 Å². The predicted molar refractivity (Wildman–Crippen MR) is 121 cm³/mol. The number of aromatic nitrogens is 1. The molecule has 2 atom stereocenters. The van der Waals surface area contributed by atoms with E-state index in [-0.39, 0.29) is 36.0 Å². The van der Waals surface area contributed by atoms with E-state index in [9.17, 15) is 23.2 Å². The van der Waals surface area contributed by atoms with Crippen molar-refractivity contribution >= 4 is 46.0 Å². The van der Waals surface area contributed by atoms with Crippen molar-refractivity contribution in [1.29, 1.82) is 0 Å². The molecule has 3 amide bonds. The maximum Gasteiger partial charge on any atom is 0.318 e. The van der Waals surface area contributed by atoms with Crippen molar-refractivity contribution in [2.24, 2.45) is 0 Å². The van der Waals surface area contributed by atoms with Crippen molar-refractivity contribution in [3.05, 3.63) is 65.1 Å². The number of nitrogens with one attached hydrogen (secondary N) is 2. The second-order valence-electron chi connectivity index (χ2n) is 7.81.